The fraction of sp³-hybridized carbons (Fsp3) is 0.227. The summed E-state index contributed by atoms with van der Waals surface area (Å²) >= 11 is 2.64. The van der Waals surface area contributed by atoms with Crippen LogP contribution in [-0.2, 0) is 4.79 Å². The minimum absolute atomic E-state index is 0.124. The molecule has 3 aromatic heterocycles. The highest BCUT2D eigenvalue weighted by Crippen LogP contribution is 2.31. The van der Waals surface area contributed by atoms with E-state index < -0.39 is 5.92 Å². The molecule has 0 amide bonds. The average molecular weight is 434 g/mol. The lowest BCUT2D eigenvalue weighted by Crippen LogP contribution is -2.13. The van der Waals surface area contributed by atoms with Gasteiger partial charge in [-0.05, 0) is 32.4 Å². The zero-order chi connectivity index (χ0) is 21.3. The molecule has 0 spiro atoms. The standard InChI is InChI=1S/C22H19N5OS2/c1-13-9-14(2)26-27-20(13)19(16-7-5-4-6-8-16)25-22(27)30-12-18(28)17(10-23)21-24-15(3)11-29-21/h4-9,11,17H,12H2,1-3H3/t17-/m1/s1. The summed E-state index contributed by atoms with van der Waals surface area (Å²) in [5.41, 5.74) is 5.52. The number of nitrogens with zero attached hydrogens (tertiary/aromatic N) is 5. The van der Waals surface area contributed by atoms with Crippen molar-refractivity contribution in [3.8, 4) is 17.3 Å². The summed E-state index contributed by atoms with van der Waals surface area (Å²) in [4.78, 5) is 21.9. The SMILES string of the molecule is Cc1csc([C@H](C#N)C(=O)CSc2nc(-c3ccccc3)c3c(C)cc(C)nn23)n1. The number of hydrogen-bond donors (Lipinski definition) is 0. The second-order valence-electron chi connectivity index (χ2n) is 6.98. The normalized spacial score (nSPS) is 12.1. The Balaban J connectivity index is 1.68. The molecule has 0 saturated heterocycles. The zero-order valence-electron chi connectivity index (χ0n) is 16.8. The number of benzene rings is 1. The van der Waals surface area contributed by atoms with E-state index in [0.717, 1.165) is 33.7 Å². The van der Waals surface area contributed by atoms with Crippen LogP contribution in [0.4, 0.5) is 0 Å². The summed E-state index contributed by atoms with van der Waals surface area (Å²) in [5.74, 6) is -0.912. The number of thioether (sulfide) groups is 1. The maximum absolute atomic E-state index is 12.8. The van der Waals surface area contributed by atoms with Crippen molar-refractivity contribution in [1.29, 1.82) is 5.26 Å². The van der Waals surface area contributed by atoms with Crippen LogP contribution in [0.25, 0.3) is 16.8 Å². The molecule has 0 radical (unpaired) electrons. The van der Waals surface area contributed by atoms with Gasteiger partial charge >= 0.3 is 0 Å². The summed E-state index contributed by atoms with van der Waals surface area (Å²) in [6.45, 7) is 5.82. The highest BCUT2D eigenvalue weighted by Gasteiger charge is 2.25. The Labute approximate surface area is 182 Å². The van der Waals surface area contributed by atoms with Gasteiger partial charge < -0.3 is 0 Å². The van der Waals surface area contributed by atoms with E-state index in [9.17, 15) is 10.1 Å². The molecular weight excluding hydrogens is 414 g/mol. The van der Waals surface area contributed by atoms with E-state index in [-0.39, 0.29) is 11.5 Å². The van der Waals surface area contributed by atoms with Crippen molar-refractivity contribution in [2.45, 2.75) is 31.8 Å². The minimum atomic E-state index is -0.854. The fourth-order valence-corrected chi connectivity index (χ4v) is 5.00. The lowest BCUT2D eigenvalue weighted by Gasteiger charge is -2.06. The third-order valence-electron chi connectivity index (χ3n) is 4.61. The first-order valence-electron chi connectivity index (χ1n) is 9.37. The fourth-order valence-electron chi connectivity index (χ4n) is 3.29. The van der Waals surface area contributed by atoms with Gasteiger partial charge in [-0.1, -0.05) is 42.1 Å². The smallest absolute Gasteiger partial charge is 0.190 e. The van der Waals surface area contributed by atoms with Gasteiger partial charge in [-0.2, -0.15) is 10.4 Å². The number of imidazole rings is 1. The number of nitriles is 1. The Morgan fingerprint density at radius 2 is 1.97 bits per heavy atom. The van der Waals surface area contributed by atoms with Crippen molar-refractivity contribution in [2.24, 2.45) is 0 Å². The summed E-state index contributed by atoms with van der Waals surface area (Å²) < 4.78 is 1.81. The van der Waals surface area contributed by atoms with Crippen molar-refractivity contribution in [1.82, 2.24) is 19.6 Å². The van der Waals surface area contributed by atoms with E-state index in [4.69, 9.17) is 4.98 Å². The summed E-state index contributed by atoms with van der Waals surface area (Å²) in [6.07, 6.45) is 0. The first-order valence-corrected chi connectivity index (χ1v) is 11.2. The van der Waals surface area contributed by atoms with Crippen LogP contribution in [0.5, 0.6) is 0 Å². The molecule has 30 heavy (non-hydrogen) atoms. The molecule has 0 aliphatic carbocycles. The van der Waals surface area contributed by atoms with Crippen LogP contribution < -0.4 is 0 Å². The first-order chi connectivity index (χ1) is 14.5. The van der Waals surface area contributed by atoms with E-state index in [2.05, 4.69) is 16.2 Å². The molecule has 3 heterocycles. The highest BCUT2D eigenvalue weighted by atomic mass is 32.2. The maximum atomic E-state index is 12.8. The number of aromatic nitrogens is 4. The Bertz CT molecular complexity index is 1270. The van der Waals surface area contributed by atoms with Gasteiger partial charge in [0.2, 0.25) is 0 Å². The van der Waals surface area contributed by atoms with Gasteiger partial charge in [-0.15, -0.1) is 11.3 Å². The van der Waals surface area contributed by atoms with Gasteiger partial charge in [0.25, 0.3) is 0 Å². The predicted molar refractivity (Wildman–Crippen MR) is 119 cm³/mol. The summed E-state index contributed by atoms with van der Waals surface area (Å²) in [5, 5.41) is 17.2. The van der Waals surface area contributed by atoms with Gasteiger partial charge in [-0.25, -0.2) is 14.5 Å². The van der Waals surface area contributed by atoms with Crippen molar-refractivity contribution < 1.29 is 4.79 Å². The average Bonchev–Trinajstić information content (AvgIpc) is 3.31. The van der Waals surface area contributed by atoms with Gasteiger partial charge in [-0.3, -0.25) is 4.79 Å². The van der Waals surface area contributed by atoms with Crippen molar-refractivity contribution in [2.75, 3.05) is 5.75 Å². The molecule has 0 unspecified atom stereocenters. The van der Waals surface area contributed by atoms with Crippen LogP contribution in [0.1, 0.15) is 27.9 Å². The number of thiazole rings is 1. The number of Topliss-reactive ketones (excluding diaryl/α,β-unsaturated/α-hetero) is 1. The van der Waals surface area contributed by atoms with Crippen LogP contribution in [0.3, 0.4) is 0 Å². The molecule has 6 nitrogen and oxygen atoms in total. The third kappa shape index (κ3) is 3.86. The third-order valence-corrected chi connectivity index (χ3v) is 6.59. The molecular formula is C22H19N5OS2. The highest BCUT2D eigenvalue weighted by molar-refractivity contribution is 7.99. The lowest BCUT2D eigenvalue weighted by molar-refractivity contribution is -0.116. The lowest BCUT2D eigenvalue weighted by atomic mass is 10.1. The first kappa shape index (κ1) is 20.3. The topological polar surface area (TPSA) is 83.9 Å². The summed E-state index contributed by atoms with van der Waals surface area (Å²) in [7, 11) is 0. The van der Waals surface area contributed by atoms with Crippen LogP contribution in [0.2, 0.25) is 0 Å². The van der Waals surface area contributed by atoms with Crippen LogP contribution in [0, 0.1) is 32.1 Å². The largest absolute Gasteiger partial charge is 0.297 e. The number of fused-ring (bicyclic) bond motifs is 1. The van der Waals surface area contributed by atoms with E-state index >= 15 is 0 Å². The monoisotopic (exact) mass is 433 g/mol. The van der Waals surface area contributed by atoms with E-state index in [0.29, 0.717) is 10.2 Å². The number of rotatable bonds is 6. The number of ketones is 1. The minimum Gasteiger partial charge on any atom is -0.297 e. The van der Waals surface area contributed by atoms with Crippen molar-refractivity contribution in [3.63, 3.8) is 0 Å². The molecule has 4 aromatic rings. The molecule has 0 fully saturated rings. The predicted octanol–water partition coefficient (Wildman–Crippen LogP) is 4.75. The number of carbonyl (C=O) groups excluding carboxylic acids is 1. The van der Waals surface area contributed by atoms with E-state index in [1.54, 1.807) is 4.52 Å². The number of carbonyl (C=O) groups is 1. The van der Waals surface area contributed by atoms with E-state index in [1.807, 2.05) is 62.5 Å². The molecule has 150 valence electrons. The zero-order valence-corrected chi connectivity index (χ0v) is 18.4. The van der Waals surface area contributed by atoms with Crippen LogP contribution in [0.15, 0.2) is 46.9 Å². The molecule has 1 atom stereocenters. The molecule has 0 N–H and O–H groups in total. The number of aryl methyl sites for hydroxylation is 3. The second-order valence-corrected chi connectivity index (χ2v) is 8.81. The van der Waals surface area contributed by atoms with Crippen LogP contribution in [-0.4, -0.2) is 31.1 Å². The Kier molecular flexibility index (Phi) is 5.66. The number of hydrogen-bond acceptors (Lipinski definition) is 7. The Morgan fingerprint density at radius 1 is 1.20 bits per heavy atom. The van der Waals surface area contributed by atoms with Crippen LogP contribution >= 0.6 is 23.1 Å². The molecule has 0 saturated carbocycles. The molecule has 1 aromatic carbocycles. The Morgan fingerprint density at radius 3 is 2.63 bits per heavy atom. The van der Waals surface area contributed by atoms with Gasteiger partial charge in [0, 0.05) is 16.6 Å². The van der Waals surface area contributed by atoms with Crippen molar-refractivity contribution >= 4 is 34.4 Å². The Hall–Kier alpha value is -3.02. The molecule has 0 aliphatic heterocycles. The summed E-state index contributed by atoms with van der Waals surface area (Å²) in [6, 6.07) is 14.1. The molecule has 0 aliphatic rings. The van der Waals surface area contributed by atoms with Gasteiger partial charge in [0.1, 0.15) is 5.01 Å². The quantitative estimate of drug-likeness (QED) is 0.408. The molecule has 0 bridgehead atoms. The molecule has 4 rings (SSSR count). The maximum Gasteiger partial charge on any atom is 0.190 e. The van der Waals surface area contributed by atoms with Gasteiger partial charge in [0.15, 0.2) is 16.9 Å². The second kappa shape index (κ2) is 8.38. The van der Waals surface area contributed by atoms with Gasteiger partial charge in [0.05, 0.1) is 28.7 Å². The van der Waals surface area contributed by atoms with E-state index in [1.165, 1.54) is 23.1 Å². The van der Waals surface area contributed by atoms with Crippen molar-refractivity contribution in [3.05, 3.63) is 63.7 Å². The molecule has 8 heteroatoms.